The average Bonchev–Trinajstić information content (AvgIpc) is 2.67. The number of likely N-dealkylation sites (N-methyl/N-ethyl adjacent to an activating group) is 1. The molecule has 4 nitrogen and oxygen atoms in total. The molecule has 1 rings (SSSR count). The van der Waals surface area contributed by atoms with Gasteiger partial charge in [0, 0.05) is 0 Å². The van der Waals surface area contributed by atoms with Crippen LogP contribution >= 0.6 is 0 Å². The van der Waals surface area contributed by atoms with E-state index in [-0.39, 0.29) is 12.1 Å². The molecule has 0 aromatic carbocycles. The van der Waals surface area contributed by atoms with E-state index in [2.05, 4.69) is 23.6 Å². The van der Waals surface area contributed by atoms with Gasteiger partial charge in [0.05, 0.1) is 19.1 Å². The summed E-state index contributed by atoms with van der Waals surface area (Å²) in [5, 5.41) is 3.96. The molecule has 0 saturated heterocycles. The van der Waals surface area contributed by atoms with Crippen molar-refractivity contribution in [3.63, 3.8) is 0 Å². The minimum absolute atomic E-state index is 0.0316. The minimum Gasteiger partial charge on any atom is -0.479 e. The van der Waals surface area contributed by atoms with Crippen molar-refractivity contribution in [2.24, 2.45) is 5.16 Å². The SMILES string of the molecule is C=C[C@@H](C1CC(OCCCC)=NO1)N(C)C. The summed E-state index contributed by atoms with van der Waals surface area (Å²) in [7, 11) is 4.01. The first-order valence-electron chi connectivity index (χ1n) is 5.83. The summed E-state index contributed by atoms with van der Waals surface area (Å²) < 4.78 is 5.52. The Morgan fingerprint density at radius 3 is 3.00 bits per heavy atom. The number of nitrogens with zero attached hydrogens (tertiary/aromatic N) is 2. The van der Waals surface area contributed by atoms with Crippen LogP contribution in [-0.4, -0.2) is 43.6 Å². The van der Waals surface area contributed by atoms with Crippen LogP contribution in [-0.2, 0) is 9.57 Å². The Hall–Kier alpha value is -1.03. The van der Waals surface area contributed by atoms with Crippen LogP contribution in [0.15, 0.2) is 17.8 Å². The van der Waals surface area contributed by atoms with Crippen molar-refractivity contribution in [2.75, 3.05) is 20.7 Å². The third-order valence-electron chi connectivity index (χ3n) is 2.65. The van der Waals surface area contributed by atoms with E-state index in [4.69, 9.17) is 9.57 Å². The minimum atomic E-state index is 0.0316. The maximum Gasteiger partial charge on any atom is 0.229 e. The van der Waals surface area contributed by atoms with Crippen LogP contribution in [0.4, 0.5) is 0 Å². The van der Waals surface area contributed by atoms with Crippen LogP contribution in [0.5, 0.6) is 0 Å². The summed E-state index contributed by atoms with van der Waals surface area (Å²) in [6, 6.07) is 0.177. The van der Waals surface area contributed by atoms with Crippen LogP contribution < -0.4 is 0 Å². The van der Waals surface area contributed by atoms with E-state index in [9.17, 15) is 0 Å². The lowest BCUT2D eigenvalue weighted by molar-refractivity contribution is 0.0401. The lowest BCUT2D eigenvalue weighted by Gasteiger charge is -2.24. The Kier molecular flexibility index (Phi) is 5.32. The van der Waals surface area contributed by atoms with E-state index >= 15 is 0 Å². The molecular weight excluding hydrogens is 204 g/mol. The monoisotopic (exact) mass is 226 g/mol. The maximum absolute atomic E-state index is 5.52. The third-order valence-corrected chi connectivity index (χ3v) is 2.65. The van der Waals surface area contributed by atoms with E-state index in [1.165, 1.54) is 0 Å². The second-order valence-corrected chi connectivity index (χ2v) is 4.22. The standard InChI is InChI=1S/C12H22N2O2/c1-5-7-8-15-12-9-11(16-13-12)10(6-2)14(3)4/h6,10-11H,2,5,7-9H2,1,3-4H3/t10-,11?/m0/s1. The molecule has 4 heteroatoms. The molecule has 0 aromatic heterocycles. The maximum atomic E-state index is 5.52. The molecule has 92 valence electrons. The van der Waals surface area contributed by atoms with Gasteiger partial charge in [-0.15, -0.1) is 6.58 Å². The average molecular weight is 226 g/mol. The van der Waals surface area contributed by atoms with Gasteiger partial charge in [0.1, 0.15) is 0 Å². The van der Waals surface area contributed by atoms with E-state index in [1.807, 2.05) is 20.2 Å². The zero-order valence-corrected chi connectivity index (χ0v) is 10.5. The first-order chi connectivity index (χ1) is 7.69. The Morgan fingerprint density at radius 2 is 2.44 bits per heavy atom. The fraction of sp³-hybridized carbons (Fsp3) is 0.750. The Morgan fingerprint density at radius 1 is 1.69 bits per heavy atom. The number of oxime groups is 1. The lowest BCUT2D eigenvalue weighted by Crippen LogP contribution is -2.37. The highest BCUT2D eigenvalue weighted by Gasteiger charge is 2.29. The fourth-order valence-electron chi connectivity index (χ4n) is 1.67. The fourth-order valence-corrected chi connectivity index (χ4v) is 1.67. The number of ether oxygens (including phenoxy) is 1. The Labute approximate surface area is 97.9 Å². The molecule has 0 fully saturated rings. The molecule has 0 amide bonds. The van der Waals surface area contributed by atoms with Crippen LogP contribution in [0.2, 0.25) is 0 Å². The largest absolute Gasteiger partial charge is 0.479 e. The van der Waals surface area contributed by atoms with Gasteiger partial charge in [-0.3, -0.25) is 4.90 Å². The first kappa shape index (κ1) is 13.0. The first-order valence-corrected chi connectivity index (χ1v) is 5.83. The summed E-state index contributed by atoms with van der Waals surface area (Å²) in [6.07, 6.45) is 4.84. The van der Waals surface area contributed by atoms with Crippen LogP contribution in [0.25, 0.3) is 0 Å². The Balaban J connectivity index is 2.34. The lowest BCUT2D eigenvalue weighted by atomic mass is 10.1. The van der Waals surface area contributed by atoms with Gasteiger partial charge in [-0.2, -0.15) is 0 Å². The number of hydrogen-bond donors (Lipinski definition) is 0. The zero-order valence-electron chi connectivity index (χ0n) is 10.5. The number of rotatable bonds is 6. The predicted molar refractivity (Wildman–Crippen MR) is 65.5 cm³/mol. The summed E-state index contributed by atoms with van der Waals surface area (Å²) in [6.45, 7) is 6.68. The molecule has 0 aromatic rings. The molecule has 16 heavy (non-hydrogen) atoms. The molecule has 1 unspecified atom stereocenters. The smallest absolute Gasteiger partial charge is 0.229 e. The molecule has 0 bridgehead atoms. The molecule has 0 N–H and O–H groups in total. The van der Waals surface area contributed by atoms with Gasteiger partial charge in [0.25, 0.3) is 0 Å². The summed E-state index contributed by atoms with van der Waals surface area (Å²) in [5.74, 6) is 0.715. The second-order valence-electron chi connectivity index (χ2n) is 4.22. The van der Waals surface area contributed by atoms with Crippen LogP contribution in [0.1, 0.15) is 26.2 Å². The molecule has 0 radical (unpaired) electrons. The van der Waals surface area contributed by atoms with Crippen LogP contribution in [0, 0.1) is 0 Å². The molecule has 1 aliphatic rings. The number of unbranched alkanes of at least 4 members (excludes halogenated alkanes) is 1. The molecule has 0 spiro atoms. The van der Waals surface area contributed by atoms with Gasteiger partial charge >= 0.3 is 0 Å². The zero-order chi connectivity index (χ0) is 12.0. The van der Waals surface area contributed by atoms with E-state index < -0.39 is 0 Å². The quantitative estimate of drug-likeness (QED) is 0.513. The highest BCUT2D eigenvalue weighted by Crippen LogP contribution is 2.18. The highest BCUT2D eigenvalue weighted by molar-refractivity contribution is 5.77. The topological polar surface area (TPSA) is 34.1 Å². The van der Waals surface area contributed by atoms with E-state index in [1.54, 1.807) is 0 Å². The number of hydrogen-bond acceptors (Lipinski definition) is 4. The molecule has 1 heterocycles. The van der Waals surface area contributed by atoms with Gasteiger partial charge in [-0.25, -0.2) is 0 Å². The molecule has 0 saturated carbocycles. The van der Waals surface area contributed by atoms with Crippen molar-refractivity contribution in [2.45, 2.75) is 38.3 Å². The molecule has 2 atom stereocenters. The van der Waals surface area contributed by atoms with Crippen molar-refractivity contribution in [3.8, 4) is 0 Å². The summed E-state index contributed by atoms with van der Waals surface area (Å²) in [4.78, 5) is 7.43. The van der Waals surface area contributed by atoms with Crippen molar-refractivity contribution >= 4 is 5.90 Å². The third kappa shape index (κ3) is 3.52. The van der Waals surface area contributed by atoms with Crippen molar-refractivity contribution in [3.05, 3.63) is 12.7 Å². The predicted octanol–water partition coefficient (Wildman–Crippen LogP) is 2.02. The molecule has 1 aliphatic heterocycles. The van der Waals surface area contributed by atoms with E-state index in [0.29, 0.717) is 5.90 Å². The van der Waals surface area contributed by atoms with Gasteiger partial charge in [-0.1, -0.05) is 24.6 Å². The van der Waals surface area contributed by atoms with Crippen molar-refractivity contribution in [1.29, 1.82) is 0 Å². The Bertz CT molecular complexity index is 251. The van der Waals surface area contributed by atoms with E-state index in [0.717, 1.165) is 25.9 Å². The van der Waals surface area contributed by atoms with Gasteiger partial charge < -0.3 is 9.57 Å². The van der Waals surface area contributed by atoms with Crippen molar-refractivity contribution in [1.82, 2.24) is 4.90 Å². The van der Waals surface area contributed by atoms with Crippen LogP contribution in [0.3, 0.4) is 0 Å². The second kappa shape index (κ2) is 6.53. The summed E-state index contributed by atoms with van der Waals surface area (Å²) >= 11 is 0. The normalized spacial score (nSPS) is 21.5. The molecule has 0 aliphatic carbocycles. The summed E-state index contributed by atoms with van der Waals surface area (Å²) in [5.41, 5.74) is 0. The molecular formula is C12H22N2O2. The van der Waals surface area contributed by atoms with Gasteiger partial charge in [-0.05, 0) is 20.5 Å². The highest BCUT2D eigenvalue weighted by atomic mass is 16.7. The van der Waals surface area contributed by atoms with Gasteiger partial charge in [0.2, 0.25) is 5.90 Å². The van der Waals surface area contributed by atoms with Crippen molar-refractivity contribution < 1.29 is 9.57 Å². The van der Waals surface area contributed by atoms with Gasteiger partial charge in [0.15, 0.2) is 6.10 Å².